The first-order valence-electron chi connectivity index (χ1n) is 5.25. The molecule has 0 spiro atoms. The van der Waals surface area contributed by atoms with E-state index in [1.165, 1.54) is 6.07 Å². The Morgan fingerprint density at radius 3 is 3.06 bits per heavy atom. The van der Waals surface area contributed by atoms with Gasteiger partial charge in [-0.15, -0.1) is 0 Å². The molecule has 1 unspecified atom stereocenters. The molecule has 0 amide bonds. The van der Waals surface area contributed by atoms with Crippen LogP contribution in [0.2, 0.25) is 5.02 Å². The Bertz CT molecular complexity index is 422. The topological polar surface area (TPSA) is 20.3 Å². The second kappa shape index (κ2) is 4.52. The molecule has 4 heteroatoms. The largest absolute Gasteiger partial charge is 0.302 e. The number of hydrogen-bond acceptors (Lipinski definition) is 2. The van der Waals surface area contributed by atoms with Gasteiger partial charge in [0.1, 0.15) is 12.1 Å². The first kappa shape index (κ1) is 11.6. The van der Waals surface area contributed by atoms with Crippen LogP contribution < -0.4 is 0 Å². The Balaban J connectivity index is 2.35. The van der Waals surface area contributed by atoms with Crippen LogP contribution in [0.4, 0.5) is 4.39 Å². The Morgan fingerprint density at radius 2 is 2.38 bits per heavy atom. The zero-order chi connectivity index (χ0) is 11.7. The summed E-state index contributed by atoms with van der Waals surface area (Å²) in [5.74, 6) is -0.232. The van der Waals surface area contributed by atoms with Crippen molar-refractivity contribution >= 4 is 17.9 Å². The minimum Gasteiger partial charge on any atom is -0.302 e. The molecule has 1 atom stereocenters. The van der Waals surface area contributed by atoms with Crippen molar-refractivity contribution in [2.75, 3.05) is 13.6 Å². The van der Waals surface area contributed by atoms with Crippen molar-refractivity contribution in [3.63, 3.8) is 0 Å². The summed E-state index contributed by atoms with van der Waals surface area (Å²) in [6.45, 7) is 0.359. The molecule has 0 bridgehead atoms. The van der Waals surface area contributed by atoms with Gasteiger partial charge in [-0.2, -0.15) is 0 Å². The van der Waals surface area contributed by atoms with E-state index in [-0.39, 0.29) is 11.9 Å². The molecule has 16 heavy (non-hydrogen) atoms. The molecule has 0 fully saturated rings. The van der Waals surface area contributed by atoms with E-state index in [1.54, 1.807) is 6.07 Å². The summed E-state index contributed by atoms with van der Waals surface area (Å²) in [4.78, 5) is 12.4. The molecule has 0 aromatic heterocycles. The van der Waals surface area contributed by atoms with Crippen LogP contribution in [-0.2, 0) is 11.2 Å². The van der Waals surface area contributed by atoms with Gasteiger partial charge in [-0.25, -0.2) is 4.39 Å². The lowest BCUT2D eigenvalue weighted by molar-refractivity contribution is -0.109. The Hall–Kier alpha value is -0.930. The van der Waals surface area contributed by atoms with Gasteiger partial charge in [-0.1, -0.05) is 11.6 Å². The Labute approximate surface area is 99.0 Å². The number of carbonyl (C=O) groups is 1. The van der Waals surface area contributed by atoms with Crippen molar-refractivity contribution < 1.29 is 9.18 Å². The van der Waals surface area contributed by atoms with Crippen molar-refractivity contribution in [1.82, 2.24) is 4.90 Å². The van der Waals surface area contributed by atoms with Crippen molar-refractivity contribution in [1.29, 1.82) is 0 Å². The van der Waals surface area contributed by atoms with Crippen LogP contribution in [0.5, 0.6) is 0 Å². The second-order valence-corrected chi connectivity index (χ2v) is 4.55. The molecule has 0 radical (unpaired) electrons. The van der Waals surface area contributed by atoms with E-state index < -0.39 is 0 Å². The van der Waals surface area contributed by atoms with Gasteiger partial charge in [0.25, 0.3) is 0 Å². The van der Waals surface area contributed by atoms with Gasteiger partial charge in [0.2, 0.25) is 0 Å². The van der Waals surface area contributed by atoms with Gasteiger partial charge in [-0.05, 0) is 43.1 Å². The predicted molar refractivity (Wildman–Crippen MR) is 61.2 cm³/mol. The molecule has 0 saturated heterocycles. The van der Waals surface area contributed by atoms with Crippen molar-refractivity contribution in [2.24, 2.45) is 0 Å². The zero-order valence-electron chi connectivity index (χ0n) is 9.04. The maximum Gasteiger partial charge on any atom is 0.133 e. The third-order valence-electron chi connectivity index (χ3n) is 3.12. The summed E-state index contributed by atoms with van der Waals surface area (Å²) in [6, 6.07) is 3.26. The van der Waals surface area contributed by atoms with Crippen LogP contribution in [0.15, 0.2) is 12.1 Å². The average molecular weight is 242 g/mol. The molecule has 1 aromatic rings. The molecule has 0 heterocycles. The van der Waals surface area contributed by atoms with Crippen molar-refractivity contribution in [3.8, 4) is 0 Å². The fourth-order valence-corrected chi connectivity index (χ4v) is 2.54. The molecule has 86 valence electrons. The second-order valence-electron chi connectivity index (χ2n) is 4.12. The maximum absolute atomic E-state index is 13.6. The minimum absolute atomic E-state index is 0.105. The van der Waals surface area contributed by atoms with Crippen LogP contribution in [0, 0.1) is 5.82 Å². The Morgan fingerprint density at radius 1 is 1.62 bits per heavy atom. The van der Waals surface area contributed by atoms with E-state index >= 15 is 0 Å². The smallest absolute Gasteiger partial charge is 0.133 e. The van der Waals surface area contributed by atoms with Crippen molar-refractivity contribution in [2.45, 2.75) is 18.9 Å². The summed E-state index contributed by atoms with van der Waals surface area (Å²) in [5.41, 5.74) is 1.67. The van der Waals surface area contributed by atoms with E-state index in [0.717, 1.165) is 23.8 Å². The molecule has 1 aliphatic rings. The molecule has 0 N–H and O–H groups in total. The number of fused-ring (bicyclic) bond motifs is 1. The fourth-order valence-electron chi connectivity index (χ4n) is 2.32. The summed E-state index contributed by atoms with van der Waals surface area (Å²) in [7, 11) is 1.87. The van der Waals surface area contributed by atoms with E-state index in [9.17, 15) is 9.18 Å². The quantitative estimate of drug-likeness (QED) is 0.759. The fraction of sp³-hybridized carbons (Fsp3) is 0.417. The Kier molecular flexibility index (Phi) is 3.26. The van der Waals surface area contributed by atoms with Gasteiger partial charge in [-0.3, -0.25) is 4.90 Å². The van der Waals surface area contributed by atoms with Gasteiger partial charge in [0.15, 0.2) is 0 Å². The van der Waals surface area contributed by atoms with Crippen LogP contribution in [0.3, 0.4) is 0 Å². The van der Waals surface area contributed by atoms with Gasteiger partial charge < -0.3 is 4.79 Å². The van der Waals surface area contributed by atoms with Gasteiger partial charge in [0.05, 0.1) is 6.54 Å². The van der Waals surface area contributed by atoms with Gasteiger partial charge >= 0.3 is 0 Å². The molecule has 1 aliphatic carbocycles. The summed E-state index contributed by atoms with van der Waals surface area (Å²) >= 11 is 5.85. The van der Waals surface area contributed by atoms with Crippen LogP contribution in [0.1, 0.15) is 23.6 Å². The first-order chi connectivity index (χ1) is 7.63. The lowest BCUT2D eigenvalue weighted by Gasteiger charge is -2.22. The number of rotatable bonds is 3. The average Bonchev–Trinajstić information content (AvgIpc) is 2.61. The van der Waals surface area contributed by atoms with E-state index in [4.69, 9.17) is 11.6 Å². The number of hydrogen-bond donors (Lipinski definition) is 0. The summed E-state index contributed by atoms with van der Waals surface area (Å²) in [6.07, 6.45) is 2.42. The molecular formula is C12H13ClFNO. The van der Waals surface area contributed by atoms with E-state index in [2.05, 4.69) is 0 Å². The number of carbonyl (C=O) groups excluding carboxylic acids is 1. The third kappa shape index (κ3) is 1.97. The highest BCUT2D eigenvalue weighted by Gasteiger charge is 2.28. The predicted octanol–water partition coefficient (Wildman–Crippen LogP) is 2.60. The highest BCUT2D eigenvalue weighted by Crippen LogP contribution is 2.37. The molecule has 2 rings (SSSR count). The lowest BCUT2D eigenvalue weighted by Crippen LogP contribution is -2.24. The monoisotopic (exact) mass is 241 g/mol. The highest BCUT2D eigenvalue weighted by atomic mass is 35.5. The molecule has 2 nitrogen and oxygen atoms in total. The standard InChI is InChI=1S/C12H13ClFNO/c1-15(4-5-16)12-3-2-9-10(12)6-8(13)7-11(9)14/h5-7,12H,2-4H2,1H3. The molecule has 0 saturated carbocycles. The maximum atomic E-state index is 13.6. The third-order valence-corrected chi connectivity index (χ3v) is 3.33. The summed E-state index contributed by atoms with van der Waals surface area (Å²) in [5, 5.41) is 0.419. The molecular weight excluding hydrogens is 229 g/mol. The number of aldehydes is 1. The van der Waals surface area contributed by atoms with E-state index in [1.807, 2.05) is 11.9 Å². The number of benzene rings is 1. The van der Waals surface area contributed by atoms with E-state index in [0.29, 0.717) is 18.0 Å². The molecule has 0 aliphatic heterocycles. The first-order valence-corrected chi connectivity index (χ1v) is 5.63. The normalized spacial score (nSPS) is 18.9. The summed E-state index contributed by atoms with van der Waals surface area (Å²) < 4.78 is 13.6. The highest BCUT2D eigenvalue weighted by molar-refractivity contribution is 6.30. The van der Waals surface area contributed by atoms with Crippen molar-refractivity contribution in [3.05, 3.63) is 34.1 Å². The van der Waals surface area contributed by atoms with Crippen LogP contribution in [-0.4, -0.2) is 24.8 Å². The minimum atomic E-state index is -0.232. The molecule has 1 aromatic carbocycles. The van der Waals surface area contributed by atoms with Crippen LogP contribution >= 0.6 is 11.6 Å². The zero-order valence-corrected chi connectivity index (χ0v) is 9.80. The number of nitrogens with zero attached hydrogens (tertiary/aromatic N) is 1. The number of halogens is 2. The number of likely N-dealkylation sites (N-methyl/N-ethyl adjacent to an activating group) is 1. The SMILES string of the molecule is CN(CC=O)C1CCc2c(F)cc(Cl)cc21. The lowest BCUT2D eigenvalue weighted by atomic mass is 10.1. The van der Waals surface area contributed by atoms with Crippen LogP contribution in [0.25, 0.3) is 0 Å². The van der Waals surface area contributed by atoms with Gasteiger partial charge in [0, 0.05) is 11.1 Å².